The first-order valence-corrected chi connectivity index (χ1v) is 12.3. The maximum atomic E-state index is 12.8. The van der Waals surface area contributed by atoms with Crippen LogP contribution in [0.5, 0.6) is 0 Å². The van der Waals surface area contributed by atoms with Crippen LogP contribution in [0.25, 0.3) is 0 Å². The summed E-state index contributed by atoms with van der Waals surface area (Å²) in [5, 5.41) is 13.8. The molecule has 7 rings (SSSR count). The molecule has 6 nitrogen and oxygen atoms in total. The minimum absolute atomic E-state index is 0.0230. The Labute approximate surface area is 175 Å². The number of anilines is 1. The van der Waals surface area contributed by atoms with Crippen molar-refractivity contribution in [2.75, 3.05) is 18.4 Å². The van der Waals surface area contributed by atoms with E-state index in [0.717, 1.165) is 48.4 Å². The molecule has 0 radical (unpaired) electrons. The molecule has 6 fully saturated rings. The zero-order valence-electron chi connectivity index (χ0n) is 16.9. The third kappa shape index (κ3) is 3.29. The fourth-order valence-corrected chi connectivity index (χ4v) is 7.98. The highest BCUT2D eigenvalue weighted by Gasteiger charge is 2.53. The second-order valence-corrected chi connectivity index (χ2v) is 11.5. The first-order chi connectivity index (χ1) is 14.1. The van der Waals surface area contributed by atoms with Gasteiger partial charge in [-0.1, -0.05) is 11.3 Å². The molecule has 0 unspecified atom stereocenters. The number of amides is 2. The maximum Gasteiger partial charge on any atom is 0.229 e. The van der Waals surface area contributed by atoms with Crippen LogP contribution in [-0.4, -0.2) is 40.0 Å². The fraction of sp³-hybridized carbons (Fsp3) is 0.818. The SMILES string of the molecule is O=C(Nc1nnc(C23CC4CC(CC(C4)C2)C3)s1)C1CCN(C(=O)C2CC2)CC1. The Morgan fingerprint density at radius 2 is 1.52 bits per heavy atom. The van der Waals surface area contributed by atoms with Crippen LogP contribution in [0.2, 0.25) is 0 Å². The Morgan fingerprint density at radius 3 is 2.10 bits per heavy atom. The largest absolute Gasteiger partial charge is 0.342 e. The van der Waals surface area contributed by atoms with Crippen molar-refractivity contribution in [1.82, 2.24) is 15.1 Å². The second-order valence-electron chi connectivity index (χ2n) is 10.5. The number of hydrogen-bond acceptors (Lipinski definition) is 5. The van der Waals surface area contributed by atoms with Gasteiger partial charge in [-0.05, 0) is 82.0 Å². The van der Waals surface area contributed by atoms with Crippen LogP contribution in [0.15, 0.2) is 0 Å². The molecule has 0 aromatic carbocycles. The zero-order valence-corrected chi connectivity index (χ0v) is 17.8. The van der Waals surface area contributed by atoms with E-state index in [-0.39, 0.29) is 23.2 Å². The molecule has 156 valence electrons. The third-order valence-corrected chi connectivity index (χ3v) is 9.34. The van der Waals surface area contributed by atoms with Gasteiger partial charge >= 0.3 is 0 Å². The number of hydrogen-bond donors (Lipinski definition) is 1. The van der Waals surface area contributed by atoms with E-state index >= 15 is 0 Å². The third-order valence-electron chi connectivity index (χ3n) is 8.25. The standard InChI is InChI=1S/C22H30N4O2S/c27-18(16-3-5-26(6-4-16)19(28)17-1-2-17)23-21-25-24-20(29-21)22-10-13-7-14(11-22)9-15(8-13)12-22/h13-17H,1-12H2,(H,23,25,27). The van der Waals surface area contributed by atoms with Gasteiger partial charge in [0.25, 0.3) is 0 Å². The van der Waals surface area contributed by atoms with Crippen molar-refractivity contribution in [2.45, 2.75) is 69.6 Å². The predicted molar refractivity (Wildman–Crippen MR) is 110 cm³/mol. The summed E-state index contributed by atoms with van der Waals surface area (Å²) in [7, 11) is 0. The lowest BCUT2D eigenvalue weighted by Crippen LogP contribution is -2.48. The highest BCUT2D eigenvalue weighted by atomic mass is 32.1. The van der Waals surface area contributed by atoms with Crippen LogP contribution < -0.4 is 5.32 Å². The Balaban J connectivity index is 1.08. The molecule has 2 heterocycles. The summed E-state index contributed by atoms with van der Waals surface area (Å²) >= 11 is 1.61. The van der Waals surface area contributed by atoms with E-state index in [2.05, 4.69) is 15.5 Å². The lowest BCUT2D eigenvalue weighted by atomic mass is 9.50. The first-order valence-electron chi connectivity index (χ1n) is 11.5. The molecule has 1 aromatic heterocycles. The average molecular weight is 415 g/mol. The monoisotopic (exact) mass is 414 g/mol. The molecule has 1 aromatic rings. The molecule has 6 aliphatic rings. The molecule has 0 atom stereocenters. The van der Waals surface area contributed by atoms with E-state index in [0.29, 0.717) is 24.1 Å². The lowest BCUT2D eigenvalue weighted by Gasteiger charge is -2.55. The lowest BCUT2D eigenvalue weighted by molar-refractivity contribution is -0.135. The smallest absolute Gasteiger partial charge is 0.229 e. The normalized spacial score (nSPS) is 36.4. The van der Waals surface area contributed by atoms with Crippen LogP contribution in [0.3, 0.4) is 0 Å². The van der Waals surface area contributed by atoms with Crippen molar-refractivity contribution >= 4 is 28.3 Å². The molecule has 0 spiro atoms. The number of rotatable bonds is 4. The molecule has 5 saturated carbocycles. The van der Waals surface area contributed by atoms with Gasteiger partial charge in [0.15, 0.2) is 0 Å². The van der Waals surface area contributed by atoms with Gasteiger partial charge in [0.2, 0.25) is 16.9 Å². The molecule has 1 aliphatic heterocycles. The summed E-state index contributed by atoms with van der Waals surface area (Å²) < 4.78 is 0. The van der Waals surface area contributed by atoms with Gasteiger partial charge in [0.1, 0.15) is 5.01 Å². The van der Waals surface area contributed by atoms with Crippen LogP contribution in [0.4, 0.5) is 5.13 Å². The first kappa shape index (κ1) is 18.3. The van der Waals surface area contributed by atoms with Crippen molar-refractivity contribution in [3.05, 3.63) is 5.01 Å². The van der Waals surface area contributed by atoms with E-state index in [1.165, 1.54) is 38.5 Å². The number of carbonyl (C=O) groups excluding carboxylic acids is 2. The second kappa shape index (κ2) is 6.76. The average Bonchev–Trinajstić information content (AvgIpc) is 3.45. The number of carbonyl (C=O) groups is 2. The molecule has 5 aliphatic carbocycles. The molecule has 7 heteroatoms. The van der Waals surface area contributed by atoms with E-state index < -0.39 is 0 Å². The Bertz CT molecular complexity index is 789. The van der Waals surface area contributed by atoms with E-state index in [1.54, 1.807) is 11.3 Å². The summed E-state index contributed by atoms with van der Waals surface area (Å²) in [5.41, 5.74) is 0.240. The maximum absolute atomic E-state index is 12.8. The van der Waals surface area contributed by atoms with Gasteiger partial charge in [-0.2, -0.15) is 0 Å². The van der Waals surface area contributed by atoms with Crippen LogP contribution in [-0.2, 0) is 15.0 Å². The van der Waals surface area contributed by atoms with Crippen molar-refractivity contribution in [1.29, 1.82) is 0 Å². The van der Waals surface area contributed by atoms with E-state index in [9.17, 15) is 9.59 Å². The highest BCUT2D eigenvalue weighted by Crippen LogP contribution is 2.61. The van der Waals surface area contributed by atoms with Crippen molar-refractivity contribution in [2.24, 2.45) is 29.6 Å². The molecule has 1 N–H and O–H groups in total. The number of likely N-dealkylation sites (tertiary alicyclic amines) is 1. The van der Waals surface area contributed by atoms with E-state index in [1.807, 2.05) is 4.90 Å². The highest BCUT2D eigenvalue weighted by molar-refractivity contribution is 7.15. The molecular formula is C22H30N4O2S. The van der Waals surface area contributed by atoms with Crippen LogP contribution >= 0.6 is 11.3 Å². The van der Waals surface area contributed by atoms with Crippen LogP contribution in [0, 0.1) is 29.6 Å². The quantitative estimate of drug-likeness (QED) is 0.817. The van der Waals surface area contributed by atoms with Gasteiger partial charge in [-0.25, -0.2) is 0 Å². The molecule has 2 amide bonds. The van der Waals surface area contributed by atoms with E-state index in [4.69, 9.17) is 0 Å². The number of aromatic nitrogens is 2. The molecule has 4 bridgehead atoms. The minimum Gasteiger partial charge on any atom is -0.342 e. The Morgan fingerprint density at radius 1 is 0.897 bits per heavy atom. The van der Waals surface area contributed by atoms with Crippen molar-refractivity contribution in [3.63, 3.8) is 0 Å². The zero-order chi connectivity index (χ0) is 19.6. The molecule has 29 heavy (non-hydrogen) atoms. The summed E-state index contributed by atoms with van der Waals surface area (Å²) in [6.45, 7) is 1.42. The van der Waals surface area contributed by atoms with Gasteiger partial charge in [0.05, 0.1) is 0 Å². The number of nitrogens with zero attached hydrogens (tertiary/aromatic N) is 3. The van der Waals surface area contributed by atoms with Gasteiger partial charge in [-0.15, -0.1) is 10.2 Å². The molecular weight excluding hydrogens is 384 g/mol. The van der Waals surface area contributed by atoms with Gasteiger partial charge in [0, 0.05) is 30.3 Å². The van der Waals surface area contributed by atoms with Crippen molar-refractivity contribution < 1.29 is 9.59 Å². The Kier molecular flexibility index (Phi) is 4.26. The summed E-state index contributed by atoms with van der Waals surface area (Å²) in [6, 6.07) is 0. The summed E-state index contributed by atoms with van der Waals surface area (Å²) in [5.74, 6) is 3.24. The van der Waals surface area contributed by atoms with Crippen LogP contribution in [0.1, 0.15) is 69.2 Å². The number of piperidine rings is 1. The van der Waals surface area contributed by atoms with Gasteiger partial charge in [-0.3, -0.25) is 9.59 Å². The predicted octanol–water partition coefficient (Wildman–Crippen LogP) is 3.59. The fourth-order valence-electron chi connectivity index (χ4n) is 7.02. The molecule has 1 saturated heterocycles. The summed E-state index contributed by atoms with van der Waals surface area (Å²) in [6.07, 6.45) is 11.7. The van der Waals surface area contributed by atoms with Crippen molar-refractivity contribution in [3.8, 4) is 0 Å². The number of nitrogens with one attached hydrogen (secondary N) is 1. The van der Waals surface area contributed by atoms with Gasteiger partial charge < -0.3 is 10.2 Å². The summed E-state index contributed by atoms with van der Waals surface area (Å²) in [4.78, 5) is 26.9. The Hall–Kier alpha value is -1.50. The topological polar surface area (TPSA) is 75.2 Å². The minimum atomic E-state index is -0.0230.